The van der Waals surface area contributed by atoms with Gasteiger partial charge in [-0.05, 0) is 25.8 Å². The van der Waals surface area contributed by atoms with Gasteiger partial charge in [-0.25, -0.2) is 13.4 Å². The number of nitrogens with zero attached hydrogens (tertiary/aromatic N) is 5. The molecule has 0 aliphatic carbocycles. The van der Waals surface area contributed by atoms with E-state index >= 15 is 0 Å². The molecular weight excluding hydrogens is 471 g/mol. The molecule has 0 bridgehead atoms. The zero-order valence-corrected chi connectivity index (χ0v) is 18.9. The maximum Gasteiger partial charge on any atom is 0.417 e. The Kier molecular flexibility index (Phi) is 6.40. The summed E-state index contributed by atoms with van der Waals surface area (Å²) in [7, 11) is -3.60. The standard InChI is InChI=1S/C19H23ClF3N5O3S/c1-13-11-26(6-7-28(13)18-17(20)8-14(9-24-18)19(21,22)23)15-2-4-27(5-3-15)32(29,30)16-10-25-31-12-16/h8-10,12-13,15H,2-7,11H2,1H3/t13-/m0/s1. The normalized spacial score (nSPS) is 22.4. The van der Waals surface area contributed by atoms with Gasteiger partial charge in [0, 0.05) is 51.0 Å². The largest absolute Gasteiger partial charge is 0.417 e. The average molecular weight is 494 g/mol. The number of piperazine rings is 1. The molecule has 4 heterocycles. The van der Waals surface area contributed by atoms with E-state index in [-0.39, 0.29) is 22.0 Å². The second-order valence-electron chi connectivity index (χ2n) is 8.06. The summed E-state index contributed by atoms with van der Waals surface area (Å²) in [6.07, 6.45) is 0.0282. The van der Waals surface area contributed by atoms with Gasteiger partial charge in [-0.3, -0.25) is 4.90 Å². The minimum atomic E-state index is -4.49. The van der Waals surface area contributed by atoms with Crippen LogP contribution in [0.2, 0.25) is 5.02 Å². The van der Waals surface area contributed by atoms with Crippen molar-refractivity contribution in [3.8, 4) is 0 Å². The van der Waals surface area contributed by atoms with Crippen LogP contribution in [0, 0.1) is 0 Å². The van der Waals surface area contributed by atoms with Gasteiger partial charge in [-0.1, -0.05) is 16.8 Å². The Labute approximate surface area is 189 Å². The number of anilines is 1. The molecule has 13 heteroatoms. The number of sulfonamides is 1. The number of pyridine rings is 1. The summed E-state index contributed by atoms with van der Waals surface area (Å²) in [5.74, 6) is 0.349. The number of alkyl halides is 3. The fourth-order valence-corrected chi connectivity index (χ4v) is 5.95. The Balaban J connectivity index is 1.36. The highest BCUT2D eigenvalue weighted by atomic mass is 35.5. The third-order valence-corrected chi connectivity index (χ3v) is 8.19. The Morgan fingerprint density at radius 3 is 2.44 bits per heavy atom. The first-order chi connectivity index (χ1) is 15.1. The lowest BCUT2D eigenvalue weighted by atomic mass is 10.0. The zero-order valence-electron chi connectivity index (χ0n) is 17.3. The van der Waals surface area contributed by atoms with Gasteiger partial charge in [-0.15, -0.1) is 0 Å². The van der Waals surface area contributed by atoms with E-state index < -0.39 is 21.8 Å². The second kappa shape index (κ2) is 8.81. The van der Waals surface area contributed by atoms with Crippen LogP contribution >= 0.6 is 11.6 Å². The molecule has 4 rings (SSSR count). The molecule has 0 spiro atoms. The first-order valence-electron chi connectivity index (χ1n) is 10.2. The van der Waals surface area contributed by atoms with Crippen molar-refractivity contribution in [3.05, 3.63) is 35.3 Å². The van der Waals surface area contributed by atoms with Crippen molar-refractivity contribution in [1.82, 2.24) is 19.3 Å². The van der Waals surface area contributed by atoms with Crippen molar-refractivity contribution >= 4 is 27.4 Å². The van der Waals surface area contributed by atoms with Crippen molar-refractivity contribution < 1.29 is 26.1 Å². The van der Waals surface area contributed by atoms with Gasteiger partial charge in [0.05, 0.1) is 16.8 Å². The second-order valence-corrected chi connectivity index (χ2v) is 10.4. The van der Waals surface area contributed by atoms with Gasteiger partial charge in [0.2, 0.25) is 10.0 Å². The Morgan fingerprint density at radius 2 is 1.88 bits per heavy atom. The Bertz CT molecular complexity index is 1040. The summed E-state index contributed by atoms with van der Waals surface area (Å²) < 4.78 is 70.0. The number of aromatic nitrogens is 2. The minimum Gasteiger partial charge on any atom is -0.363 e. The van der Waals surface area contributed by atoms with E-state index in [9.17, 15) is 21.6 Å². The fraction of sp³-hybridized carbons (Fsp3) is 0.579. The maximum atomic E-state index is 12.9. The van der Waals surface area contributed by atoms with Crippen LogP contribution in [0.4, 0.5) is 19.0 Å². The lowest BCUT2D eigenvalue weighted by Crippen LogP contribution is -2.57. The molecule has 2 fully saturated rings. The number of rotatable bonds is 4. The Hall–Kier alpha value is -1.89. The number of hydrogen-bond acceptors (Lipinski definition) is 7. The van der Waals surface area contributed by atoms with E-state index in [1.54, 1.807) is 0 Å². The molecule has 2 aliphatic rings. The van der Waals surface area contributed by atoms with Crippen molar-refractivity contribution in [2.24, 2.45) is 0 Å². The highest BCUT2D eigenvalue weighted by Crippen LogP contribution is 2.35. The molecule has 2 aromatic rings. The molecule has 176 valence electrons. The summed E-state index contributed by atoms with van der Waals surface area (Å²) in [6.45, 7) is 4.72. The molecule has 2 aliphatic heterocycles. The molecule has 0 unspecified atom stereocenters. The molecule has 8 nitrogen and oxygen atoms in total. The van der Waals surface area contributed by atoms with E-state index in [2.05, 4.69) is 19.6 Å². The van der Waals surface area contributed by atoms with Gasteiger partial charge < -0.3 is 9.42 Å². The molecule has 0 saturated carbocycles. The van der Waals surface area contributed by atoms with Crippen molar-refractivity contribution in [1.29, 1.82) is 0 Å². The predicted molar refractivity (Wildman–Crippen MR) is 111 cm³/mol. The summed E-state index contributed by atoms with van der Waals surface area (Å²) in [5.41, 5.74) is -0.870. The number of piperidine rings is 1. The smallest absolute Gasteiger partial charge is 0.363 e. The van der Waals surface area contributed by atoms with Gasteiger partial charge in [0.25, 0.3) is 0 Å². The van der Waals surface area contributed by atoms with Crippen molar-refractivity contribution in [2.45, 2.75) is 42.9 Å². The molecular formula is C19H23ClF3N5O3S. The first-order valence-corrected chi connectivity index (χ1v) is 12.0. The third-order valence-electron chi connectivity index (χ3n) is 6.07. The SMILES string of the molecule is C[C@H]1CN(C2CCN(S(=O)(=O)c3cnoc3)CC2)CCN1c1ncc(C(F)(F)F)cc1Cl. The van der Waals surface area contributed by atoms with Crippen LogP contribution in [0.25, 0.3) is 0 Å². The van der Waals surface area contributed by atoms with Crippen LogP contribution in [0.1, 0.15) is 25.3 Å². The highest BCUT2D eigenvalue weighted by molar-refractivity contribution is 7.89. The van der Waals surface area contributed by atoms with Crippen LogP contribution in [0.15, 0.2) is 34.1 Å². The molecule has 2 aromatic heterocycles. The van der Waals surface area contributed by atoms with E-state index in [1.165, 1.54) is 10.5 Å². The van der Waals surface area contributed by atoms with Crippen molar-refractivity contribution in [3.63, 3.8) is 0 Å². The molecule has 0 aromatic carbocycles. The monoisotopic (exact) mass is 493 g/mol. The maximum absolute atomic E-state index is 12.9. The zero-order chi connectivity index (χ0) is 23.1. The van der Waals surface area contributed by atoms with Crippen LogP contribution in [-0.4, -0.2) is 72.6 Å². The molecule has 0 N–H and O–H groups in total. The topological polar surface area (TPSA) is 82.8 Å². The highest BCUT2D eigenvalue weighted by Gasteiger charge is 2.36. The number of halogens is 4. The predicted octanol–water partition coefficient (Wildman–Crippen LogP) is 3.11. The van der Waals surface area contributed by atoms with Crippen LogP contribution in [-0.2, 0) is 16.2 Å². The van der Waals surface area contributed by atoms with E-state index in [0.29, 0.717) is 51.4 Å². The van der Waals surface area contributed by atoms with Gasteiger partial charge in [0.15, 0.2) is 0 Å². The minimum absolute atomic E-state index is 0.00995. The molecule has 0 amide bonds. The summed E-state index contributed by atoms with van der Waals surface area (Å²) in [4.78, 5) is 8.27. The lowest BCUT2D eigenvalue weighted by molar-refractivity contribution is -0.137. The van der Waals surface area contributed by atoms with Crippen LogP contribution < -0.4 is 4.90 Å². The van der Waals surface area contributed by atoms with Gasteiger partial charge in [0.1, 0.15) is 17.0 Å². The van der Waals surface area contributed by atoms with Crippen LogP contribution in [0.3, 0.4) is 0 Å². The van der Waals surface area contributed by atoms with E-state index in [0.717, 1.165) is 18.5 Å². The summed E-state index contributed by atoms with van der Waals surface area (Å²) >= 11 is 6.13. The summed E-state index contributed by atoms with van der Waals surface area (Å²) in [6, 6.07) is 1.13. The van der Waals surface area contributed by atoms with Gasteiger partial charge >= 0.3 is 6.18 Å². The first kappa shape index (κ1) is 23.3. The molecule has 32 heavy (non-hydrogen) atoms. The molecule has 2 saturated heterocycles. The molecule has 0 radical (unpaired) electrons. The number of hydrogen-bond donors (Lipinski definition) is 0. The fourth-order valence-electron chi connectivity index (χ4n) is 4.35. The van der Waals surface area contributed by atoms with E-state index in [1.807, 2.05) is 11.8 Å². The van der Waals surface area contributed by atoms with Gasteiger partial charge in [-0.2, -0.15) is 17.5 Å². The average Bonchev–Trinajstić information content (AvgIpc) is 3.29. The summed E-state index contributed by atoms with van der Waals surface area (Å²) in [5, 5.41) is 3.45. The van der Waals surface area contributed by atoms with Crippen molar-refractivity contribution in [2.75, 3.05) is 37.6 Å². The Morgan fingerprint density at radius 1 is 1.16 bits per heavy atom. The lowest BCUT2D eigenvalue weighted by Gasteiger charge is -2.46. The van der Waals surface area contributed by atoms with E-state index in [4.69, 9.17) is 11.6 Å². The molecule has 1 atom stereocenters. The quantitative estimate of drug-likeness (QED) is 0.647. The van der Waals surface area contributed by atoms with Crippen LogP contribution in [0.5, 0.6) is 0 Å². The third kappa shape index (κ3) is 4.59.